The monoisotopic (exact) mass is 157 g/mol. The molecule has 1 saturated heterocycles. The summed E-state index contributed by atoms with van der Waals surface area (Å²) >= 11 is 0. The predicted molar refractivity (Wildman–Crippen MR) is 33.3 cm³/mol. The van der Waals surface area contributed by atoms with Crippen LogP contribution in [0.1, 0.15) is 20.3 Å². The van der Waals surface area contributed by atoms with Crippen LogP contribution < -0.4 is 5.11 Å². The molecule has 0 amide bonds. The highest BCUT2D eigenvalue weighted by Gasteiger charge is 2.42. The SMILES string of the molecule is CC1(C)OC(=O)C[C@H]1C(=O)[O-]. The summed E-state index contributed by atoms with van der Waals surface area (Å²) in [6.07, 6.45) is -0.0741. The summed E-state index contributed by atoms with van der Waals surface area (Å²) in [4.78, 5) is 21.1. The lowest BCUT2D eigenvalue weighted by Crippen LogP contribution is -2.41. The summed E-state index contributed by atoms with van der Waals surface area (Å²) < 4.78 is 4.76. The maximum Gasteiger partial charge on any atom is 0.307 e. The minimum absolute atomic E-state index is 0.0741. The fourth-order valence-electron chi connectivity index (χ4n) is 1.19. The van der Waals surface area contributed by atoms with Gasteiger partial charge in [0.1, 0.15) is 5.60 Å². The first-order valence-corrected chi connectivity index (χ1v) is 3.36. The van der Waals surface area contributed by atoms with Gasteiger partial charge in [0.25, 0.3) is 0 Å². The first-order chi connectivity index (χ1) is 4.93. The van der Waals surface area contributed by atoms with Crippen LogP contribution in [0.2, 0.25) is 0 Å². The smallest absolute Gasteiger partial charge is 0.307 e. The largest absolute Gasteiger partial charge is 0.550 e. The molecule has 0 saturated carbocycles. The highest BCUT2D eigenvalue weighted by molar-refractivity contribution is 5.82. The van der Waals surface area contributed by atoms with Crippen LogP contribution in [0.15, 0.2) is 0 Å². The van der Waals surface area contributed by atoms with E-state index in [-0.39, 0.29) is 6.42 Å². The highest BCUT2D eigenvalue weighted by Crippen LogP contribution is 2.31. The van der Waals surface area contributed by atoms with Gasteiger partial charge < -0.3 is 14.6 Å². The number of esters is 1. The number of hydrogen-bond donors (Lipinski definition) is 0. The fraction of sp³-hybridized carbons (Fsp3) is 0.714. The second-order valence-corrected chi connectivity index (χ2v) is 3.15. The molecule has 0 aromatic rings. The van der Waals surface area contributed by atoms with Crippen molar-refractivity contribution in [3.05, 3.63) is 0 Å². The number of cyclic esters (lactones) is 1. The van der Waals surface area contributed by atoms with Crippen molar-refractivity contribution in [2.24, 2.45) is 5.92 Å². The fourth-order valence-corrected chi connectivity index (χ4v) is 1.19. The molecule has 0 unspecified atom stereocenters. The van der Waals surface area contributed by atoms with Crippen LogP contribution in [0.5, 0.6) is 0 Å². The highest BCUT2D eigenvalue weighted by atomic mass is 16.6. The molecule has 0 bridgehead atoms. The molecule has 1 aliphatic heterocycles. The Balaban J connectivity index is 2.82. The van der Waals surface area contributed by atoms with Crippen LogP contribution in [-0.4, -0.2) is 17.5 Å². The molecule has 1 atom stereocenters. The minimum atomic E-state index is -1.22. The number of carbonyl (C=O) groups is 2. The van der Waals surface area contributed by atoms with E-state index >= 15 is 0 Å². The number of carboxylic acids is 1. The van der Waals surface area contributed by atoms with Gasteiger partial charge in [0.15, 0.2) is 0 Å². The summed E-state index contributed by atoms with van der Waals surface area (Å²) in [5, 5.41) is 10.4. The average Bonchev–Trinajstić information content (AvgIpc) is 2.04. The molecule has 1 aliphatic rings. The molecule has 11 heavy (non-hydrogen) atoms. The van der Waals surface area contributed by atoms with E-state index < -0.39 is 23.5 Å². The minimum Gasteiger partial charge on any atom is -0.550 e. The van der Waals surface area contributed by atoms with Crippen molar-refractivity contribution in [2.75, 3.05) is 0 Å². The van der Waals surface area contributed by atoms with Gasteiger partial charge in [-0.15, -0.1) is 0 Å². The number of rotatable bonds is 1. The van der Waals surface area contributed by atoms with Crippen LogP contribution in [0, 0.1) is 5.92 Å². The number of carboxylic acid groups (broad SMARTS) is 1. The summed E-state index contributed by atoms with van der Waals surface area (Å²) in [5.74, 6) is -2.50. The molecule has 1 rings (SSSR count). The van der Waals surface area contributed by atoms with Crippen molar-refractivity contribution in [2.45, 2.75) is 25.9 Å². The predicted octanol–water partition coefficient (Wildman–Crippen LogP) is -0.922. The molecule has 0 N–H and O–H groups in total. The normalized spacial score (nSPS) is 28.2. The number of aliphatic carboxylic acids is 1. The molecule has 0 aromatic carbocycles. The Morgan fingerprint density at radius 2 is 2.27 bits per heavy atom. The van der Waals surface area contributed by atoms with Crippen molar-refractivity contribution in [1.29, 1.82) is 0 Å². The van der Waals surface area contributed by atoms with Crippen LogP contribution in [0.25, 0.3) is 0 Å². The van der Waals surface area contributed by atoms with Gasteiger partial charge in [0, 0.05) is 11.9 Å². The Morgan fingerprint density at radius 1 is 1.73 bits per heavy atom. The third-order valence-electron chi connectivity index (χ3n) is 1.87. The molecule has 0 aliphatic carbocycles. The van der Waals surface area contributed by atoms with Crippen molar-refractivity contribution >= 4 is 11.9 Å². The topological polar surface area (TPSA) is 66.4 Å². The lowest BCUT2D eigenvalue weighted by Gasteiger charge is -2.24. The number of carbonyl (C=O) groups excluding carboxylic acids is 2. The van der Waals surface area contributed by atoms with E-state index in [0.717, 1.165) is 0 Å². The average molecular weight is 157 g/mol. The molecular weight excluding hydrogens is 148 g/mol. The van der Waals surface area contributed by atoms with E-state index in [2.05, 4.69) is 0 Å². The zero-order valence-electron chi connectivity index (χ0n) is 6.42. The Bertz CT molecular complexity index is 206. The van der Waals surface area contributed by atoms with Gasteiger partial charge in [0.2, 0.25) is 0 Å². The molecule has 62 valence electrons. The van der Waals surface area contributed by atoms with Crippen molar-refractivity contribution in [3.63, 3.8) is 0 Å². The Hall–Kier alpha value is -1.06. The molecule has 0 spiro atoms. The first-order valence-electron chi connectivity index (χ1n) is 3.36. The van der Waals surface area contributed by atoms with Crippen molar-refractivity contribution in [3.8, 4) is 0 Å². The molecular formula is C7H9O4-. The molecule has 0 radical (unpaired) electrons. The van der Waals surface area contributed by atoms with E-state index in [1.54, 1.807) is 13.8 Å². The van der Waals surface area contributed by atoms with Crippen LogP contribution in [0.4, 0.5) is 0 Å². The summed E-state index contributed by atoms with van der Waals surface area (Å²) in [6, 6.07) is 0. The van der Waals surface area contributed by atoms with Crippen molar-refractivity contribution < 1.29 is 19.4 Å². The van der Waals surface area contributed by atoms with Gasteiger partial charge in [-0.3, -0.25) is 4.79 Å². The van der Waals surface area contributed by atoms with E-state index in [1.165, 1.54) is 0 Å². The standard InChI is InChI=1S/C7H10O4/c1-7(2)4(6(9)10)3-5(8)11-7/h4H,3H2,1-2H3,(H,9,10)/p-1/t4-/m0/s1. The van der Waals surface area contributed by atoms with E-state index in [1.807, 2.05) is 0 Å². The molecule has 4 heteroatoms. The zero-order valence-corrected chi connectivity index (χ0v) is 6.42. The Kier molecular flexibility index (Phi) is 1.62. The quantitative estimate of drug-likeness (QED) is 0.461. The van der Waals surface area contributed by atoms with Gasteiger partial charge in [-0.1, -0.05) is 0 Å². The summed E-state index contributed by atoms with van der Waals surface area (Å²) in [7, 11) is 0. The van der Waals surface area contributed by atoms with Gasteiger partial charge in [0.05, 0.1) is 6.42 Å². The van der Waals surface area contributed by atoms with E-state index in [4.69, 9.17) is 4.74 Å². The first kappa shape index (κ1) is 8.04. The zero-order chi connectivity index (χ0) is 8.65. The summed E-state index contributed by atoms with van der Waals surface area (Å²) in [6.45, 7) is 3.14. The Labute approximate surface area is 64.2 Å². The second kappa shape index (κ2) is 2.22. The maximum atomic E-state index is 10.7. The lowest BCUT2D eigenvalue weighted by atomic mass is 9.91. The second-order valence-electron chi connectivity index (χ2n) is 3.15. The number of ether oxygens (including phenoxy) is 1. The van der Waals surface area contributed by atoms with Gasteiger partial charge in [-0.05, 0) is 13.8 Å². The maximum absolute atomic E-state index is 10.7. The summed E-state index contributed by atoms with van der Waals surface area (Å²) in [5.41, 5.74) is -0.907. The van der Waals surface area contributed by atoms with Gasteiger partial charge in [-0.25, -0.2) is 0 Å². The van der Waals surface area contributed by atoms with Crippen LogP contribution in [0.3, 0.4) is 0 Å². The van der Waals surface area contributed by atoms with Gasteiger partial charge in [-0.2, -0.15) is 0 Å². The van der Waals surface area contributed by atoms with Gasteiger partial charge >= 0.3 is 5.97 Å². The van der Waals surface area contributed by atoms with Crippen molar-refractivity contribution in [1.82, 2.24) is 0 Å². The third-order valence-corrected chi connectivity index (χ3v) is 1.87. The molecule has 1 heterocycles. The third kappa shape index (κ3) is 1.34. The molecule has 4 nitrogen and oxygen atoms in total. The van der Waals surface area contributed by atoms with Crippen LogP contribution >= 0.6 is 0 Å². The molecule has 0 aromatic heterocycles. The lowest BCUT2D eigenvalue weighted by molar-refractivity contribution is -0.314. The number of hydrogen-bond acceptors (Lipinski definition) is 4. The van der Waals surface area contributed by atoms with Crippen LogP contribution in [-0.2, 0) is 14.3 Å². The van der Waals surface area contributed by atoms with E-state index in [0.29, 0.717) is 0 Å². The van der Waals surface area contributed by atoms with E-state index in [9.17, 15) is 14.7 Å². The molecule has 1 fully saturated rings. The Morgan fingerprint density at radius 3 is 2.45 bits per heavy atom.